The van der Waals surface area contributed by atoms with Crippen molar-refractivity contribution < 1.29 is 8.42 Å². The van der Waals surface area contributed by atoms with Crippen LogP contribution in [0, 0.1) is 0 Å². The summed E-state index contributed by atoms with van der Waals surface area (Å²) in [5, 5.41) is 7.05. The molecule has 0 aliphatic carbocycles. The first-order valence-electron chi connectivity index (χ1n) is 4.46. The van der Waals surface area contributed by atoms with Gasteiger partial charge >= 0.3 is 0 Å². The van der Waals surface area contributed by atoms with Gasteiger partial charge in [-0.15, -0.1) is 11.8 Å². The number of nitrogens with zero attached hydrogens (tertiary/aromatic N) is 1. The van der Waals surface area contributed by atoms with Gasteiger partial charge in [0.15, 0.2) is 0 Å². The average Bonchev–Trinajstić information content (AvgIpc) is 2.67. The number of hydrogen-bond acceptors (Lipinski definition) is 5. The lowest BCUT2D eigenvalue weighted by Gasteiger charge is -2.18. The van der Waals surface area contributed by atoms with Gasteiger partial charge in [-0.1, -0.05) is 6.07 Å². The van der Waals surface area contributed by atoms with Gasteiger partial charge in [-0.2, -0.15) is 0 Å². The predicted molar refractivity (Wildman–Crippen MR) is 66.3 cm³/mol. The molecule has 16 heavy (non-hydrogen) atoms. The number of nitrogen functional groups attached to an aromatic ring is 1. The van der Waals surface area contributed by atoms with Crippen LogP contribution in [0.5, 0.6) is 0 Å². The number of hydrogen-bond donors (Lipinski definition) is 2. The highest BCUT2D eigenvalue weighted by molar-refractivity contribution is 8.02. The van der Waals surface area contributed by atoms with Crippen molar-refractivity contribution in [2.45, 2.75) is 4.90 Å². The molecular formula is C9H11N3O2S2. The topological polar surface area (TPSA) is 89.4 Å². The van der Waals surface area contributed by atoms with Crippen LogP contribution in [0.2, 0.25) is 0 Å². The molecule has 0 saturated heterocycles. The van der Waals surface area contributed by atoms with Crippen molar-refractivity contribution in [1.29, 1.82) is 0 Å². The molecule has 1 aromatic carbocycles. The minimum absolute atomic E-state index is 0.0119. The monoisotopic (exact) mass is 257 g/mol. The van der Waals surface area contributed by atoms with Crippen LogP contribution in [-0.4, -0.2) is 14.3 Å². The third kappa shape index (κ3) is 2.01. The number of thioether (sulfide) groups is 1. The van der Waals surface area contributed by atoms with Gasteiger partial charge in [-0.05, 0) is 17.5 Å². The van der Waals surface area contributed by atoms with E-state index in [1.54, 1.807) is 35.0 Å². The van der Waals surface area contributed by atoms with Crippen molar-refractivity contribution in [1.82, 2.24) is 0 Å². The molecule has 0 fully saturated rings. The molecule has 0 bridgehead atoms. The summed E-state index contributed by atoms with van der Waals surface area (Å²) in [6.07, 6.45) is 1.80. The largest absolute Gasteiger partial charge is 0.398 e. The standard InChI is InChI=1S/C9H11N3O2S2/c10-7-2-1-3-8(9(7)16(11,13)14)12-4-5-15-6-12/h1-5H,6,10H2,(H2,11,13,14). The maximum Gasteiger partial charge on any atom is 0.242 e. The molecule has 1 heterocycles. The Hall–Kier alpha value is -1.18. The molecule has 0 radical (unpaired) electrons. The van der Waals surface area contributed by atoms with E-state index in [0.29, 0.717) is 11.6 Å². The van der Waals surface area contributed by atoms with Gasteiger partial charge in [0.1, 0.15) is 4.90 Å². The molecule has 0 atom stereocenters. The van der Waals surface area contributed by atoms with Gasteiger partial charge in [-0.25, -0.2) is 13.6 Å². The third-order valence-electron chi connectivity index (χ3n) is 2.17. The van der Waals surface area contributed by atoms with Gasteiger partial charge in [0.25, 0.3) is 0 Å². The van der Waals surface area contributed by atoms with E-state index in [1.165, 1.54) is 6.07 Å². The zero-order chi connectivity index (χ0) is 11.8. The lowest BCUT2D eigenvalue weighted by Crippen LogP contribution is -2.20. The number of benzene rings is 1. The Bertz CT molecular complexity index is 540. The lowest BCUT2D eigenvalue weighted by molar-refractivity contribution is 0.598. The second kappa shape index (κ2) is 4.00. The van der Waals surface area contributed by atoms with Crippen LogP contribution < -0.4 is 15.8 Å². The maximum atomic E-state index is 11.5. The van der Waals surface area contributed by atoms with Crippen molar-refractivity contribution in [3.8, 4) is 0 Å². The lowest BCUT2D eigenvalue weighted by atomic mass is 10.2. The molecule has 0 amide bonds. The molecule has 2 rings (SSSR count). The van der Waals surface area contributed by atoms with Crippen LogP contribution in [0.3, 0.4) is 0 Å². The second-order valence-electron chi connectivity index (χ2n) is 3.29. The Kier molecular flexibility index (Phi) is 2.83. The predicted octanol–water partition coefficient (Wildman–Crippen LogP) is 0.898. The molecule has 1 aliphatic rings. The summed E-state index contributed by atoms with van der Waals surface area (Å²) < 4.78 is 22.9. The Morgan fingerprint density at radius 2 is 2.12 bits per heavy atom. The number of sulfonamides is 1. The maximum absolute atomic E-state index is 11.5. The van der Waals surface area contributed by atoms with E-state index in [2.05, 4.69) is 0 Å². The van der Waals surface area contributed by atoms with Gasteiger partial charge in [0.2, 0.25) is 10.0 Å². The minimum Gasteiger partial charge on any atom is -0.398 e. The number of nitrogens with two attached hydrogens (primary N) is 2. The molecule has 0 spiro atoms. The molecule has 0 aromatic heterocycles. The summed E-state index contributed by atoms with van der Waals surface area (Å²) in [4.78, 5) is 1.78. The number of rotatable bonds is 2. The zero-order valence-electron chi connectivity index (χ0n) is 8.33. The molecule has 4 N–H and O–H groups in total. The summed E-state index contributed by atoms with van der Waals surface area (Å²) in [5.41, 5.74) is 6.35. The van der Waals surface area contributed by atoms with E-state index >= 15 is 0 Å². The third-order valence-corrected chi connectivity index (χ3v) is 3.92. The van der Waals surface area contributed by atoms with Crippen molar-refractivity contribution in [3.63, 3.8) is 0 Å². The van der Waals surface area contributed by atoms with Crippen molar-refractivity contribution >= 4 is 33.2 Å². The fourth-order valence-electron chi connectivity index (χ4n) is 1.51. The van der Waals surface area contributed by atoms with E-state index < -0.39 is 10.0 Å². The summed E-state index contributed by atoms with van der Waals surface area (Å²) in [5.74, 6) is 0.659. The Balaban J connectivity index is 2.61. The van der Waals surface area contributed by atoms with E-state index in [4.69, 9.17) is 10.9 Å². The number of anilines is 2. The fraction of sp³-hybridized carbons (Fsp3) is 0.111. The van der Waals surface area contributed by atoms with Crippen LogP contribution in [0.25, 0.3) is 0 Å². The van der Waals surface area contributed by atoms with Crippen LogP contribution in [0.4, 0.5) is 11.4 Å². The highest BCUT2D eigenvalue weighted by atomic mass is 32.2. The Morgan fingerprint density at radius 3 is 2.69 bits per heavy atom. The average molecular weight is 257 g/mol. The van der Waals surface area contributed by atoms with Gasteiger partial charge in [0, 0.05) is 6.20 Å². The van der Waals surface area contributed by atoms with E-state index in [0.717, 1.165) is 0 Å². The number of primary sulfonamides is 1. The van der Waals surface area contributed by atoms with Crippen LogP contribution in [-0.2, 0) is 10.0 Å². The molecule has 7 heteroatoms. The van der Waals surface area contributed by atoms with Gasteiger partial charge in [-0.3, -0.25) is 0 Å². The highest BCUT2D eigenvalue weighted by Gasteiger charge is 2.21. The van der Waals surface area contributed by atoms with Crippen LogP contribution >= 0.6 is 11.8 Å². The van der Waals surface area contributed by atoms with Crippen LogP contribution in [0.1, 0.15) is 0 Å². The second-order valence-corrected chi connectivity index (χ2v) is 5.65. The van der Waals surface area contributed by atoms with Crippen molar-refractivity contribution in [2.75, 3.05) is 16.5 Å². The molecule has 5 nitrogen and oxygen atoms in total. The Morgan fingerprint density at radius 1 is 1.38 bits per heavy atom. The molecular weight excluding hydrogens is 246 g/mol. The first kappa shape index (κ1) is 11.3. The molecule has 0 unspecified atom stereocenters. The molecule has 86 valence electrons. The van der Waals surface area contributed by atoms with Gasteiger partial charge in [0.05, 0.1) is 17.3 Å². The SMILES string of the molecule is Nc1cccc(N2C=CSC2)c1S(N)(=O)=O. The molecule has 0 saturated carbocycles. The quantitative estimate of drug-likeness (QED) is 0.768. The van der Waals surface area contributed by atoms with Crippen LogP contribution in [0.15, 0.2) is 34.7 Å². The molecule has 1 aliphatic heterocycles. The van der Waals surface area contributed by atoms with Crippen molar-refractivity contribution in [2.24, 2.45) is 5.14 Å². The highest BCUT2D eigenvalue weighted by Crippen LogP contribution is 2.32. The van der Waals surface area contributed by atoms with Crippen molar-refractivity contribution in [3.05, 3.63) is 29.8 Å². The first-order valence-corrected chi connectivity index (χ1v) is 7.06. The van der Waals surface area contributed by atoms with E-state index in [-0.39, 0.29) is 10.6 Å². The normalized spacial score (nSPS) is 15.7. The minimum atomic E-state index is -3.81. The van der Waals surface area contributed by atoms with E-state index in [9.17, 15) is 8.42 Å². The summed E-state index contributed by atoms with van der Waals surface area (Å²) in [6.45, 7) is 0. The van der Waals surface area contributed by atoms with E-state index in [1.807, 2.05) is 5.41 Å². The van der Waals surface area contributed by atoms with Gasteiger partial charge < -0.3 is 10.6 Å². The summed E-state index contributed by atoms with van der Waals surface area (Å²) in [6, 6.07) is 4.92. The molecule has 1 aromatic rings. The Labute approximate surface area is 98.2 Å². The summed E-state index contributed by atoms with van der Waals surface area (Å²) in [7, 11) is -3.81. The smallest absolute Gasteiger partial charge is 0.242 e. The summed E-state index contributed by atoms with van der Waals surface area (Å²) >= 11 is 1.57. The first-order chi connectivity index (χ1) is 7.50. The zero-order valence-corrected chi connectivity index (χ0v) is 9.96. The fourth-order valence-corrected chi connectivity index (χ4v) is 3.09.